The molecule has 1 aromatic heterocycles. The first-order chi connectivity index (χ1) is 9.34. The number of nitrogens with zero attached hydrogens (tertiary/aromatic N) is 1. The highest BCUT2D eigenvalue weighted by atomic mass is 32.1. The zero-order chi connectivity index (χ0) is 15.3. The fourth-order valence-electron chi connectivity index (χ4n) is 1.80. The van der Waals surface area contributed by atoms with Crippen molar-refractivity contribution in [1.82, 2.24) is 5.32 Å². The van der Waals surface area contributed by atoms with Crippen LogP contribution in [0.2, 0.25) is 0 Å². The number of rotatable bonds is 6. The van der Waals surface area contributed by atoms with Gasteiger partial charge < -0.3 is 10.1 Å². The molecule has 1 amide bonds. The van der Waals surface area contributed by atoms with Crippen LogP contribution in [0.3, 0.4) is 0 Å². The number of methoxy groups -OCH3 is 1. The quantitative estimate of drug-likeness (QED) is 0.493. The second-order valence-corrected chi connectivity index (χ2v) is 5.35. The summed E-state index contributed by atoms with van der Waals surface area (Å²) in [6, 6.07) is 1.18. The van der Waals surface area contributed by atoms with Crippen LogP contribution in [-0.2, 0) is 9.53 Å². The van der Waals surface area contributed by atoms with Gasteiger partial charge in [0.05, 0.1) is 17.6 Å². The lowest BCUT2D eigenvalue weighted by Crippen LogP contribution is -2.52. The smallest absolute Gasteiger partial charge is 0.331 e. The van der Waals surface area contributed by atoms with E-state index in [0.29, 0.717) is 12.8 Å². The van der Waals surface area contributed by atoms with Crippen LogP contribution in [0.15, 0.2) is 11.4 Å². The summed E-state index contributed by atoms with van der Waals surface area (Å²) in [7, 11) is 1.25. The maximum Gasteiger partial charge on any atom is 0.331 e. The molecule has 1 atom stereocenters. The molecule has 1 unspecified atom stereocenters. The monoisotopic (exact) mass is 300 g/mol. The molecule has 0 aliphatic rings. The van der Waals surface area contributed by atoms with Crippen molar-refractivity contribution in [3.8, 4) is 0 Å². The zero-order valence-corrected chi connectivity index (χ0v) is 12.3. The van der Waals surface area contributed by atoms with Crippen molar-refractivity contribution in [3.05, 3.63) is 27.1 Å². The van der Waals surface area contributed by atoms with Crippen LogP contribution < -0.4 is 5.32 Å². The van der Waals surface area contributed by atoms with Gasteiger partial charge in [0, 0.05) is 11.4 Å². The number of carbonyl (C=O) groups excluding carboxylic acids is 2. The van der Waals surface area contributed by atoms with Crippen molar-refractivity contribution in [2.24, 2.45) is 0 Å². The van der Waals surface area contributed by atoms with Gasteiger partial charge in [0.1, 0.15) is 5.54 Å². The van der Waals surface area contributed by atoms with Gasteiger partial charge in [0.15, 0.2) is 0 Å². The molecule has 0 aliphatic carbocycles. The van der Waals surface area contributed by atoms with E-state index in [9.17, 15) is 19.7 Å². The van der Waals surface area contributed by atoms with Crippen LogP contribution >= 0.6 is 11.3 Å². The fraction of sp³-hybridized carbons (Fsp3) is 0.500. The number of esters is 1. The molecule has 0 spiro atoms. The van der Waals surface area contributed by atoms with Gasteiger partial charge in [-0.05, 0) is 13.3 Å². The van der Waals surface area contributed by atoms with Crippen molar-refractivity contribution >= 4 is 28.2 Å². The Bertz CT molecular complexity index is 528. The fourth-order valence-corrected chi connectivity index (χ4v) is 2.51. The normalized spacial score (nSPS) is 13.3. The lowest BCUT2D eigenvalue weighted by atomic mass is 9.96. The van der Waals surface area contributed by atoms with E-state index in [1.54, 1.807) is 6.92 Å². The first-order valence-electron chi connectivity index (χ1n) is 5.98. The summed E-state index contributed by atoms with van der Waals surface area (Å²) in [5.74, 6) is -1.08. The predicted octanol–water partition coefficient (Wildman–Crippen LogP) is 2.12. The number of hydrogen-bond acceptors (Lipinski definition) is 6. The maximum absolute atomic E-state index is 12.1. The molecule has 1 N–H and O–H groups in total. The minimum absolute atomic E-state index is 0.120. The number of amides is 1. The van der Waals surface area contributed by atoms with E-state index in [1.165, 1.54) is 18.6 Å². The Morgan fingerprint density at radius 1 is 1.55 bits per heavy atom. The Kier molecular flexibility index (Phi) is 5.20. The molecule has 1 aromatic rings. The highest BCUT2D eigenvalue weighted by molar-refractivity contribution is 7.13. The van der Waals surface area contributed by atoms with Crippen LogP contribution in [0.1, 0.15) is 37.0 Å². The molecule has 8 heteroatoms. The van der Waals surface area contributed by atoms with E-state index < -0.39 is 22.3 Å². The van der Waals surface area contributed by atoms with Gasteiger partial charge in [0.2, 0.25) is 0 Å². The van der Waals surface area contributed by atoms with Crippen molar-refractivity contribution in [2.45, 2.75) is 32.2 Å². The third kappa shape index (κ3) is 3.53. The lowest BCUT2D eigenvalue weighted by Gasteiger charge is -2.27. The van der Waals surface area contributed by atoms with E-state index in [1.807, 2.05) is 6.92 Å². The SMILES string of the molecule is CCCC(C)(NC(=O)c1csc([N+](=O)[O-])c1)C(=O)OC. The largest absolute Gasteiger partial charge is 0.467 e. The van der Waals surface area contributed by atoms with Gasteiger partial charge in [-0.2, -0.15) is 0 Å². The van der Waals surface area contributed by atoms with E-state index in [2.05, 4.69) is 10.1 Å². The minimum atomic E-state index is -1.14. The molecule has 0 aromatic carbocycles. The molecule has 0 bridgehead atoms. The van der Waals surface area contributed by atoms with E-state index in [0.717, 1.165) is 11.3 Å². The summed E-state index contributed by atoms with van der Waals surface area (Å²) in [6.45, 7) is 3.45. The third-order valence-corrected chi connectivity index (χ3v) is 3.68. The summed E-state index contributed by atoms with van der Waals surface area (Å²) in [6.07, 6.45) is 1.09. The van der Waals surface area contributed by atoms with Gasteiger partial charge in [-0.3, -0.25) is 14.9 Å². The average Bonchev–Trinajstić information content (AvgIpc) is 2.87. The zero-order valence-electron chi connectivity index (χ0n) is 11.5. The van der Waals surface area contributed by atoms with E-state index >= 15 is 0 Å². The molecule has 110 valence electrons. The average molecular weight is 300 g/mol. The number of hydrogen-bond donors (Lipinski definition) is 1. The highest BCUT2D eigenvalue weighted by Crippen LogP contribution is 2.23. The Labute approximate surface area is 120 Å². The molecule has 0 aliphatic heterocycles. The van der Waals surface area contributed by atoms with Crippen LogP contribution in [0.5, 0.6) is 0 Å². The predicted molar refractivity (Wildman–Crippen MR) is 73.8 cm³/mol. The highest BCUT2D eigenvalue weighted by Gasteiger charge is 2.35. The van der Waals surface area contributed by atoms with Gasteiger partial charge in [0.25, 0.3) is 5.91 Å². The van der Waals surface area contributed by atoms with Gasteiger partial charge >= 0.3 is 11.0 Å². The summed E-state index contributed by atoms with van der Waals surface area (Å²) >= 11 is 0.863. The van der Waals surface area contributed by atoms with Gasteiger partial charge in [-0.25, -0.2) is 4.79 Å². The number of nitro groups is 1. The summed E-state index contributed by atoms with van der Waals surface area (Å²) in [5.41, 5.74) is -0.981. The molecular weight excluding hydrogens is 284 g/mol. The minimum Gasteiger partial charge on any atom is -0.467 e. The molecule has 1 heterocycles. The molecule has 0 fully saturated rings. The van der Waals surface area contributed by atoms with Crippen molar-refractivity contribution in [1.29, 1.82) is 0 Å². The number of thiophene rings is 1. The topological polar surface area (TPSA) is 98.5 Å². The van der Waals surface area contributed by atoms with Crippen LogP contribution in [0.4, 0.5) is 5.00 Å². The lowest BCUT2D eigenvalue weighted by molar-refractivity contribution is -0.380. The number of carbonyl (C=O) groups is 2. The molecule has 0 radical (unpaired) electrons. The summed E-state index contributed by atoms with van der Waals surface area (Å²) in [4.78, 5) is 33.8. The van der Waals surface area contributed by atoms with E-state index in [-0.39, 0.29) is 10.6 Å². The molecule has 0 saturated carbocycles. The molecule has 20 heavy (non-hydrogen) atoms. The second kappa shape index (κ2) is 6.47. The maximum atomic E-state index is 12.1. The van der Waals surface area contributed by atoms with Crippen LogP contribution in [0.25, 0.3) is 0 Å². The summed E-state index contributed by atoms with van der Waals surface area (Å²) in [5, 5.41) is 14.4. The standard InChI is InChI=1S/C12H16N2O5S/c1-4-5-12(2,11(16)19-3)13-10(15)8-6-9(14(17)18)20-7-8/h6-7H,4-5H2,1-3H3,(H,13,15). The van der Waals surface area contributed by atoms with Gasteiger partial charge in [-0.1, -0.05) is 24.7 Å². The number of nitrogens with one attached hydrogen (secondary N) is 1. The Morgan fingerprint density at radius 2 is 2.20 bits per heavy atom. The molecular formula is C12H16N2O5S. The van der Waals surface area contributed by atoms with Crippen LogP contribution in [0, 0.1) is 10.1 Å². The van der Waals surface area contributed by atoms with Crippen molar-refractivity contribution in [2.75, 3.05) is 7.11 Å². The molecule has 0 saturated heterocycles. The van der Waals surface area contributed by atoms with Gasteiger partial charge in [-0.15, -0.1) is 0 Å². The second-order valence-electron chi connectivity index (χ2n) is 4.46. The summed E-state index contributed by atoms with van der Waals surface area (Å²) < 4.78 is 4.69. The van der Waals surface area contributed by atoms with Crippen LogP contribution in [-0.4, -0.2) is 29.4 Å². The molecule has 7 nitrogen and oxygen atoms in total. The first kappa shape index (κ1) is 16.1. The van der Waals surface area contributed by atoms with Crippen molar-refractivity contribution < 1.29 is 19.2 Å². The Hall–Kier alpha value is -1.96. The molecule has 1 rings (SSSR count). The first-order valence-corrected chi connectivity index (χ1v) is 6.86. The van der Waals surface area contributed by atoms with E-state index in [4.69, 9.17) is 0 Å². The third-order valence-electron chi connectivity index (χ3n) is 2.80. The van der Waals surface area contributed by atoms with Crippen molar-refractivity contribution in [3.63, 3.8) is 0 Å². The Morgan fingerprint density at radius 3 is 2.65 bits per heavy atom. The number of ether oxygens (including phenoxy) is 1. The Balaban J connectivity index is 2.90.